The van der Waals surface area contributed by atoms with E-state index in [1.807, 2.05) is 4.57 Å². The van der Waals surface area contributed by atoms with Gasteiger partial charge in [-0.1, -0.05) is 94.4 Å². The Balaban J connectivity index is 0.00000141. The summed E-state index contributed by atoms with van der Waals surface area (Å²) in [5, 5.41) is 4.76. The Morgan fingerprint density at radius 2 is 1.40 bits per heavy atom. The topological polar surface area (TPSA) is 74.0 Å². The van der Waals surface area contributed by atoms with Crippen LogP contribution in [-0.2, 0) is 40.9 Å². The van der Waals surface area contributed by atoms with Crippen LogP contribution < -0.4 is 5.69 Å². The van der Waals surface area contributed by atoms with Crippen molar-refractivity contribution in [2.45, 2.75) is 85.7 Å². The van der Waals surface area contributed by atoms with Crippen molar-refractivity contribution in [3.05, 3.63) is 111 Å². The van der Waals surface area contributed by atoms with Gasteiger partial charge in [-0.15, -0.1) is 0 Å². The van der Waals surface area contributed by atoms with E-state index in [9.17, 15) is 4.79 Å². The fourth-order valence-corrected chi connectivity index (χ4v) is 4.74. The molecule has 4 rings (SSSR count). The van der Waals surface area contributed by atoms with Gasteiger partial charge in [0.1, 0.15) is 5.82 Å². The minimum absolute atomic E-state index is 0.00510. The number of rotatable bonds is 9. The lowest BCUT2D eigenvalue weighted by atomic mass is 9.87. The minimum atomic E-state index is -0.00510. The van der Waals surface area contributed by atoms with E-state index < -0.39 is 0 Å². The van der Waals surface area contributed by atoms with Crippen LogP contribution in [0, 0.1) is 13.8 Å². The van der Waals surface area contributed by atoms with E-state index >= 15 is 0 Å². The van der Waals surface area contributed by atoms with Gasteiger partial charge in [-0.3, -0.25) is 4.57 Å². The van der Waals surface area contributed by atoms with E-state index in [0.29, 0.717) is 13.1 Å². The van der Waals surface area contributed by atoms with Crippen LogP contribution in [0.25, 0.3) is 11.1 Å². The largest absolute Gasteiger partial charge is 0.373 e. The molecule has 0 unspecified atom stereocenters. The maximum absolute atomic E-state index is 13.1. The molecule has 0 N–H and O–H groups in total. The monoisotopic (exact) mass is 539 g/mol. The zero-order chi connectivity index (χ0) is 29.3. The molecule has 0 saturated carbocycles. The van der Waals surface area contributed by atoms with Crippen molar-refractivity contribution in [1.29, 1.82) is 0 Å². The van der Waals surface area contributed by atoms with Crippen molar-refractivity contribution in [2.75, 3.05) is 0 Å². The third-order valence-electron chi connectivity index (χ3n) is 7.26. The van der Waals surface area contributed by atoms with Gasteiger partial charge in [0.2, 0.25) is 0 Å². The van der Waals surface area contributed by atoms with Gasteiger partial charge in [0.25, 0.3) is 0 Å². The van der Waals surface area contributed by atoms with Gasteiger partial charge in [-0.2, -0.15) is 14.7 Å². The molecule has 1 heterocycles. The fourth-order valence-electron chi connectivity index (χ4n) is 4.74. The lowest BCUT2D eigenvalue weighted by Gasteiger charge is -2.19. The molecular weight excluding hydrogens is 498 g/mol. The molecule has 40 heavy (non-hydrogen) atoms. The van der Waals surface area contributed by atoms with E-state index in [-0.39, 0.29) is 17.3 Å². The quantitative estimate of drug-likeness (QED) is 0.238. The number of hydrogen-bond donors (Lipinski definition) is 0. The number of hydrogen-bond acceptors (Lipinski definition) is 4. The molecule has 0 amide bonds. The Hall–Kier alpha value is -4.02. The van der Waals surface area contributed by atoms with E-state index in [0.717, 1.165) is 37.1 Å². The van der Waals surface area contributed by atoms with Crippen LogP contribution in [0.3, 0.4) is 0 Å². The molecule has 0 radical (unpaired) electrons. The van der Waals surface area contributed by atoms with Crippen molar-refractivity contribution >= 4 is 6.15 Å². The number of nitrogens with zero attached hydrogens (tertiary/aromatic N) is 3. The van der Waals surface area contributed by atoms with Crippen molar-refractivity contribution < 1.29 is 9.59 Å². The van der Waals surface area contributed by atoms with Crippen LogP contribution in [0.4, 0.5) is 0 Å². The average molecular weight is 540 g/mol. The highest BCUT2D eigenvalue weighted by molar-refractivity contribution is 5.65. The van der Waals surface area contributed by atoms with Crippen molar-refractivity contribution in [1.82, 2.24) is 14.3 Å². The van der Waals surface area contributed by atoms with Crippen LogP contribution in [-0.4, -0.2) is 20.5 Å². The lowest BCUT2D eigenvalue weighted by molar-refractivity contribution is -0.191. The average Bonchev–Trinajstić information content (AvgIpc) is 3.20. The minimum Gasteiger partial charge on any atom is -0.279 e. The van der Waals surface area contributed by atoms with E-state index in [2.05, 4.69) is 108 Å². The maximum atomic E-state index is 13.1. The second kappa shape index (κ2) is 13.9. The van der Waals surface area contributed by atoms with Gasteiger partial charge >= 0.3 is 11.8 Å². The molecule has 0 bridgehead atoms. The second-order valence-corrected chi connectivity index (χ2v) is 11.4. The van der Waals surface area contributed by atoms with Crippen LogP contribution in [0.15, 0.2) is 71.5 Å². The zero-order valence-corrected chi connectivity index (χ0v) is 24.7. The first-order valence-electron chi connectivity index (χ1n) is 14.0. The summed E-state index contributed by atoms with van der Waals surface area (Å²) >= 11 is 0. The van der Waals surface area contributed by atoms with Gasteiger partial charge in [0, 0.05) is 13.0 Å². The maximum Gasteiger partial charge on any atom is 0.373 e. The Morgan fingerprint density at radius 1 is 0.800 bits per heavy atom. The molecule has 0 spiro atoms. The third-order valence-corrected chi connectivity index (χ3v) is 7.26. The van der Waals surface area contributed by atoms with E-state index in [4.69, 9.17) is 14.7 Å². The summed E-state index contributed by atoms with van der Waals surface area (Å²) in [5.74, 6) is 0.893. The number of aromatic nitrogens is 3. The Labute approximate surface area is 237 Å². The molecule has 210 valence electrons. The second-order valence-electron chi connectivity index (χ2n) is 11.4. The summed E-state index contributed by atoms with van der Waals surface area (Å²) in [4.78, 5) is 29.4. The SMILES string of the molecule is CCCn1c(CCCc2ccc(-c3ccc(C)c(C)c3)cc2)nn(Cc2ccc(C(C)(C)C)cc2)c1=O.O=C=O. The molecule has 0 aliphatic carbocycles. The molecule has 3 aromatic carbocycles. The highest BCUT2D eigenvalue weighted by Gasteiger charge is 2.15. The zero-order valence-electron chi connectivity index (χ0n) is 24.7. The molecule has 6 heteroatoms. The first-order valence-corrected chi connectivity index (χ1v) is 14.0. The van der Waals surface area contributed by atoms with Gasteiger partial charge < -0.3 is 0 Å². The van der Waals surface area contributed by atoms with Crippen molar-refractivity contribution in [2.24, 2.45) is 0 Å². The van der Waals surface area contributed by atoms with Gasteiger partial charge in [-0.25, -0.2) is 9.48 Å². The van der Waals surface area contributed by atoms with E-state index in [1.54, 1.807) is 4.68 Å². The first kappa shape index (κ1) is 30.5. The third kappa shape index (κ3) is 8.00. The molecule has 0 fully saturated rings. The molecule has 0 aliphatic rings. The van der Waals surface area contributed by atoms with E-state index in [1.165, 1.54) is 33.4 Å². The highest BCUT2D eigenvalue weighted by Crippen LogP contribution is 2.24. The van der Waals surface area contributed by atoms with Gasteiger partial charge in [-0.05, 0) is 77.5 Å². The number of benzene rings is 3. The van der Waals surface area contributed by atoms with Gasteiger partial charge in [0.05, 0.1) is 6.54 Å². The van der Waals surface area contributed by atoms with Crippen molar-refractivity contribution in [3.63, 3.8) is 0 Å². The lowest BCUT2D eigenvalue weighted by Crippen LogP contribution is -2.26. The predicted molar refractivity (Wildman–Crippen MR) is 159 cm³/mol. The summed E-state index contributed by atoms with van der Waals surface area (Å²) in [5.41, 5.74) is 8.98. The smallest absolute Gasteiger partial charge is 0.279 e. The fraction of sp³-hybridized carbons (Fsp3) is 0.382. The standard InChI is InChI=1S/C33H41N3O.CO2/c1-7-21-35-31(34-36(32(35)37)23-27-14-19-30(20-15-27)33(4,5)6)10-8-9-26-12-17-28(18-13-26)29-16-11-24(2)25(3)22-29;2-1-3/h11-20,22H,7-10,21,23H2,1-6H3;. The molecule has 0 atom stereocenters. The van der Waals surface area contributed by atoms with Gasteiger partial charge in [0.15, 0.2) is 0 Å². The van der Waals surface area contributed by atoms with Crippen molar-refractivity contribution in [3.8, 4) is 11.1 Å². The Kier molecular flexibility index (Phi) is 10.6. The molecule has 0 saturated heterocycles. The summed E-state index contributed by atoms with van der Waals surface area (Å²) in [7, 11) is 0. The molecule has 1 aromatic heterocycles. The summed E-state index contributed by atoms with van der Waals surface area (Å²) in [6, 6.07) is 24.1. The predicted octanol–water partition coefficient (Wildman–Crippen LogP) is 6.68. The Bertz CT molecular complexity index is 1480. The molecule has 6 nitrogen and oxygen atoms in total. The Morgan fingerprint density at radius 3 is 1.98 bits per heavy atom. The van der Waals surface area contributed by atoms with Crippen LogP contribution in [0.2, 0.25) is 0 Å². The number of aryl methyl sites for hydroxylation is 4. The summed E-state index contributed by atoms with van der Waals surface area (Å²) < 4.78 is 3.50. The summed E-state index contributed by atoms with van der Waals surface area (Å²) in [6.07, 6.45) is 3.89. The van der Waals surface area contributed by atoms with Crippen LogP contribution >= 0.6 is 0 Å². The highest BCUT2D eigenvalue weighted by atomic mass is 16.2. The molecule has 0 aliphatic heterocycles. The van der Waals surface area contributed by atoms with Crippen LogP contribution in [0.5, 0.6) is 0 Å². The molecular formula is C34H41N3O3. The molecule has 4 aromatic rings. The number of carbonyl (C=O) groups excluding carboxylic acids is 2. The van der Waals surface area contributed by atoms with Crippen LogP contribution in [0.1, 0.15) is 74.2 Å². The summed E-state index contributed by atoms with van der Waals surface area (Å²) in [6.45, 7) is 14.3. The normalized spacial score (nSPS) is 11.1. The first-order chi connectivity index (χ1) is 19.1.